The topological polar surface area (TPSA) is 38.0 Å². The molecular formula is C9H20N2. The highest BCUT2D eigenvalue weighted by Crippen LogP contribution is 2.32. The van der Waals surface area contributed by atoms with E-state index in [1.54, 1.807) is 0 Å². The smallest absolute Gasteiger partial charge is 0.00990 e. The van der Waals surface area contributed by atoms with Crippen LogP contribution in [0, 0.1) is 5.92 Å². The van der Waals surface area contributed by atoms with Crippen molar-refractivity contribution >= 4 is 0 Å². The highest BCUT2D eigenvalue weighted by molar-refractivity contribution is 4.91. The Kier molecular flexibility index (Phi) is 3.87. The third kappa shape index (κ3) is 3.21. The van der Waals surface area contributed by atoms with E-state index in [4.69, 9.17) is 5.73 Å². The van der Waals surface area contributed by atoms with Gasteiger partial charge in [-0.25, -0.2) is 0 Å². The first-order valence-electron chi connectivity index (χ1n) is 4.82. The molecule has 0 bridgehead atoms. The molecule has 0 spiro atoms. The summed E-state index contributed by atoms with van der Waals surface area (Å²) in [6.45, 7) is 4.27. The van der Waals surface area contributed by atoms with Crippen molar-refractivity contribution in [3.05, 3.63) is 0 Å². The van der Waals surface area contributed by atoms with Gasteiger partial charge in [0.2, 0.25) is 0 Å². The first-order chi connectivity index (χ1) is 5.38. The standard InChI is InChI=1S/C9H20N2/c1-2-8-7-9(8)11-6-4-3-5-10/h8-9,11H,2-7,10H2,1H3. The Morgan fingerprint density at radius 1 is 1.45 bits per heavy atom. The number of hydrogen-bond acceptors (Lipinski definition) is 2. The largest absolute Gasteiger partial charge is 0.330 e. The average molecular weight is 156 g/mol. The van der Waals surface area contributed by atoms with E-state index < -0.39 is 0 Å². The van der Waals surface area contributed by atoms with Crippen molar-refractivity contribution in [2.24, 2.45) is 11.7 Å². The lowest BCUT2D eigenvalue weighted by Crippen LogP contribution is -2.20. The van der Waals surface area contributed by atoms with Gasteiger partial charge in [-0.05, 0) is 38.3 Å². The lowest BCUT2D eigenvalue weighted by molar-refractivity contribution is 0.589. The monoisotopic (exact) mass is 156 g/mol. The molecule has 66 valence electrons. The van der Waals surface area contributed by atoms with E-state index in [-0.39, 0.29) is 0 Å². The van der Waals surface area contributed by atoms with E-state index in [2.05, 4.69) is 12.2 Å². The second-order valence-corrected chi connectivity index (χ2v) is 3.46. The summed E-state index contributed by atoms with van der Waals surface area (Å²) in [6.07, 6.45) is 5.15. The maximum absolute atomic E-state index is 5.39. The summed E-state index contributed by atoms with van der Waals surface area (Å²) in [5.41, 5.74) is 5.39. The Morgan fingerprint density at radius 3 is 2.82 bits per heavy atom. The van der Waals surface area contributed by atoms with Gasteiger partial charge in [0.15, 0.2) is 0 Å². The zero-order valence-electron chi connectivity index (χ0n) is 7.47. The Bertz CT molecular complexity index is 104. The van der Waals surface area contributed by atoms with E-state index in [1.807, 2.05) is 0 Å². The van der Waals surface area contributed by atoms with Crippen LogP contribution in [-0.4, -0.2) is 19.1 Å². The van der Waals surface area contributed by atoms with Crippen LogP contribution < -0.4 is 11.1 Å². The van der Waals surface area contributed by atoms with Gasteiger partial charge in [-0.2, -0.15) is 0 Å². The van der Waals surface area contributed by atoms with Crippen molar-refractivity contribution in [3.63, 3.8) is 0 Å². The van der Waals surface area contributed by atoms with Crippen LogP contribution in [0.25, 0.3) is 0 Å². The molecule has 2 nitrogen and oxygen atoms in total. The molecule has 0 amide bonds. The number of hydrogen-bond donors (Lipinski definition) is 2. The van der Waals surface area contributed by atoms with Gasteiger partial charge in [0.1, 0.15) is 0 Å². The van der Waals surface area contributed by atoms with Gasteiger partial charge in [0.25, 0.3) is 0 Å². The maximum Gasteiger partial charge on any atom is 0.00990 e. The molecule has 1 fully saturated rings. The van der Waals surface area contributed by atoms with Crippen LogP contribution in [0.4, 0.5) is 0 Å². The van der Waals surface area contributed by atoms with Crippen molar-refractivity contribution in [2.75, 3.05) is 13.1 Å². The Balaban J connectivity index is 1.82. The molecule has 2 atom stereocenters. The molecule has 1 rings (SSSR count). The number of unbranched alkanes of at least 4 members (excludes halogenated alkanes) is 1. The Hall–Kier alpha value is -0.0800. The molecule has 0 aromatic heterocycles. The highest BCUT2D eigenvalue weighted by Gasteiger charge is 2.33. The quantitative estimate of drug-likeness (QED) is 0.565. The molecule has 1 aliphatic carbocycles. The summed E-state index contributed by atoms with van der Waals surface area (Å²) >= 11 is 0. The maximum atomic E-state index is 5.39. The Labute approximate surface area is 69.5 Å². The summed E-state index contributed by atoms with van der Waals surface area (Å²) in [5, 5.41) is 3.54. The van der Waals surface area contributed by atoms with E-state index >= 15 is 0 Å². The van der Waals surface area contributed by atoms with E-state index in [0.29, 0.717) is 0 Å². The molecule has 0 aromatic rings. The molecule has 3 N–H and O–H groups in total. The van der Waals surface area contributed by atoms with Crippen LogP contribution >= 0.6 is 0 Å². The summed E-state index contributed by atoms with van der Waals surface area (Å²) in [7, 11) is 0. The average Bonchev–Trinajstić information content (AvgIpc) is 2.77. The summed E-state index contributed by atoms with van der Waals surface area (Å²) < 4.78 is 0. The summed E-state index contributed by atoms with van der Waals surface area (Å²) in [5.74, 6) is 0.980. The first-order valence-corrected chi connectivity index (χ1v) is 4.82. The first kappa shape index (κ1) is 9.01. The third-order valence-electron chi connectivity index (χ3n) is 2.48. The number of nitrogens with one attached hydrogen (secondary N) is 1. The normalized spacial score (nSPS) is 28.9. The van der Waals surface area contributed by atoms with E-state index in [1.165, 1.54) is 25.8 Å². The second-order valence-electron chi connectivity index (χ2n) is 3.46. The Morgan fingerprint density at radius 2 is 2.27 bits per heavy atom. The van der Waals surface area contributed by atoms with Gasteiger partial charge >= 0.3 is 0 Å². The fraction of sp³-hybridized carbons (Fsp3) is 1.00. The van der Waals surface area contributed by atoms with Crippen molar-refractivity contribution in [1.82, 2.24) is 5.32 Å². The fourth-order valence-corrected chi connectivity index (χ4v) is 1.51. The minimum absolute atomic E-state index is 0.837. The summed E-state index contributed by atoms with van der Waals surface area (Å²) in [4.78, 5) is 0. The van der Waals surface area contributed by atoms with Crippen LogP contribution in [-0.2, 0) is 0 Å². The van der Waals surface area contributed by atoms with E-state index in [9.17, 15) is 0 Å². The van der Waals surface area contributed by atoms with Crippen molar-refractivity contribution in [3.8, 4) is 0 Å². The van der Waals surface area contributed by atoms with Crippen LogP contribution in [0.1, 0.15) is 32.6 Å². The van der Waals surface area contributed by atoms with Gasteiger partial charge in [0.05, 0.1) is 0 Å². The molecule has 0 saturated heterocycles. The van der Waals surface area contributed by atoms with Gasteiger partial charge in [-0.3, -0.25) is 0 Å². The number of rotatable bonds is 6. The van der Waals surface area contributed by atoms with Gasteiger partial charge in [-0.15, -0.1) is 0 Å². The highest BCUT2D eigenvalue weighted by atomic mass is 15.0. The minimum atomic E-state index is 0.837. The van der Waals surface area contributed by atoms with Crippen molar-refractivity contribution in [2.45, 2.75) is 38.6 Å². The van der Waals surface area contributed by atoms with Crippen molar-refractivity contribution < 1.29 is 0 Å². The second kappa shape index (κ2) is 4.73. The van der Waals surface area contributed by atoms with Crippen LogP contribution in [0.3, 0.4) is 0 Å². The lowest BCUT2D eigenvalue weighted by Gasteiger charge is -2.01. The fourth-order valence-electron chi connectivity index (χ4n) is 1.51. The number of nitrogens with two attached hydrogens (primary N) is 1. The van der Waals surface area contributed by atoms with Gasteiger partial charge in [0, 0.05) is 6.04 Å². The summed E-state index contributed by atoms with van der Waals surface area (Å²) in [6, 6.07) is 0.845. The zero-order valence-corrected chi connectivity index (χ0v) is 7.47. The molecule has 11 heavy (non-hydrogen) atoms. The predicted molar refractivity (Wildman–Crippen MR) is 48.5 cm³/mol. The van der Waals surface area contributed by atoms with Crippen molar-refractivity contribution in [1.29, 1.82) is 0 Å². The SMILES string of the molecule is CCC1CC1NCCCCN. The molecule has 2 heteroatoms. The zero-order chi connectivity index (χ0) is 8.10. The molecule has 1 aliphatic rings. The van der Waals surface area contributed by atoms with Gasteiger partial charge < -0.3 is 11.1 Å². The lowest BCUT2D eigenvalue weighted by atomic mass is 10.3. The molecular weight excluding hydrogens is 136 g/mol. The molecule has 0 aliphatic heterocycles. The predicted octanol–water partition coefficient (Wildman–Crippen LogP) is 1.11. The van der Waals surface area contributed by atoms with E-state index in [0.717, 1.165) is 24.9 Å². The molecule has 1 saturated carbocycles. The molecule has 0 heterocycles. The van der Waals surface area contributed by atoms with Gasteiger partial charge in [-0.1, -0.05) is 13.3 Å². The molecule has 2 unspecified atom stereocenters. The minimum Gasteiger partial charge on any atom is -0.330 e. The third-order valence-corrected chi connectivity index (χ3v) is 2.48. The van der Waals surface area contributed by atoms with Crippen LogP contribution in [0.5, 0.6) is 0 Å². The van der Waals surface area contributed by atoms with Crippen LogP contribution in [0.2, 0.25) is 0 Å². The molecule has 0 radical (unpaired) electrons. The van der Waals surface area contributed by atoms with Crippen LogP contribution in [0.15, 0.2) is 0 Å². The molecule has 0 aromatic carbocycles.